The van der Waals surface area contributed by atoms with E-state index in [4.69, 9.17) is 5.11 Å². The Morgan fingerprint density at radius 1 is 0.842 bits per heavy atom. The van der Waals surface area contributed by atoms with Gasteiger partial charge in [0.25, 0.3) is 0 Å². The summed E-state index contributed by atoms with van der Waals surface area (Å²) >= 11 is 0. The third-order valence-corrected chi connectivity index (χ3v) is 4.39. The highest BCUT2D eigenvalue weighted by molar-refractivity contribution is 5.81. The molecule has 19 heavy (non-hydrogen) atoms. The second kappa shape index (κ2) is 11.5. The zero-order valence-corrected chi connectivity index (χ0v) is 12.5. The minimum atomic E-state index is 0.347. The van der Waals surface area contributed by atoms with Gasteiger partial charge in [0.15, 0.2) is 0 Å². The van der Waals surface area contributed by atoms with E-state index in [0.29, 0.717) is 18.3 Å². The summed E-state index contributed by atoms with van der Waals surface area (Å²) in [4.78, 5) is 11.7. The van der Waals surface area contributed by atoms with Gasteiger partial charge in [-0.25, -0.2) is 0 Å². The molecule has 0 aromatic rings. The lowest BCUT2D eigenvalue weighted by Gasteiger charge is -2.20. The molecule has 1 saturated carbocycles. The Bertz CT molecular complexity index is 225. The number of carbonyl (C=O) groups is 1. The molecule has 0 aromatic carbocycles. The number of hydrogen-bond acceptors (Lipinski definition) is 2. The molecular formula is C17H32O2. The van der Waals surface area contributed by atoms with Crippen LogP contribution in [0.1, 0.15) is 89.9 Å². The summed E-state index contributed by atoms with van der Waals surface area (Å²) in [5, 5.41) is 8.67. The standard InChI is InChI=1S/C17H32O2/c18-15-11-7-5-3-1-2-4-6-8-12-16-13-9-10-14-17(16)19/h16,18H,1-15H2. The minimum absolute atomic E-state index is 0.347. The van der Waals surface area contributed by atoms with Crippen LogP contribution in [0.4, 0.5) is 0 Å². The molecule has 0 saturated heterocycles. The van der Waals surface area contributed by atoms with Crippen LogP contribution in [0.25, 0.3) is 0 Å². The van der Waals surface area contributed by atoms with E-state index >= 15 is 0 Å². The Hall–Kier alpha value is -0.370. The van der Waals surface area contributed by atoms with Gasteiger partial charge in [0.2, 0.25) is 0 Å². The molecule has 1 aliphatic carbocycles. The Kier molecular flexibility index (Phi) is 10.1. The molecule has 0 amide bonds. The van der Waals surface area contributed by atoms with Gasteiger partial charge in [-0.3, -0.25) is 4.79 Å². The Morgan fingerprint density at radius 2 is 1.42 bits per heavy atom. The van der Waals surface area contributed by atoms with Crippen molar-refractivity contribution in [1.82, 2.24) is 0 Å². The second-order valence-electron chi connectivity index (χ2n) is 6.10. The van der Waals surface area contributed by atoms with Crippen molar-refractivity contribution >= 4 is 5.78 Å². The Balaban J connectivity index is 1.82. The molecule has 1 N–H and O–H groups in total. The predicted molar refractivity (Wildman–Crippen MR) is 80.2 cm³/mol. The molecule has 2 heteroatoms. The van der Waals surface area contributed by atoms with E-state index in [-0.39, 0.29) is 0 Å². The maximum absolute atomic E-state index is 11.7. The van der Waals surface area contributed by atoms with Crippen LogP contribution in [0.3, 0.4) is 0 Å². The summed E-state index contributed by atoms with van der Waals surface area (Å²) in [6.07, 6.45) is 16.9. The van der Waals surface area contributed by atoms with E-state index < -0.39 is 0 Å². The fourth-order valence-electron chi connectivity index (χ4n) is 3.10. The molecule has 0 aliphatic heterocycles. The quantitative estimate of drug-likeness (QED) is 0.554. The first-order valence-electron chi connectivity index (χ1n) is 8.48. The maximum atomic E-state index is 11.7. The zero-order valence-electron chi connectivity index (χ0n) is 12.5. The van der Waals surface area contributed by atoms with Crippen molar-refractivity contribution in [2.24, 2.45) is 5.92 Å². The maximum Gasteiger partial charge on any atom is 0.135 e. The monoisotopic (exact) mass is 268 g/mol. The van der Waals surface area contributed by atoms with Crippen molar-refractivity contribution in [1.29, 1.82) is 0 Å². The predicted octanol–water partition coefficient (Wildman–Crippen LogP) is 4.64. The molecule has 1 atom stereocenters. The SMILES string of the molecule is O=C1CCCCC1CCCCCCCCCCCO. The molecule has 0 spiro atoms. The fraction of sp³-hybridized carbons (Fsp3) is 0.941. The van der Waals surface area contributed by atoms with Crippen LogP contribution in [0.15, 0.2) is 0 Å². The molecule has 1 fully saturated rings. The van der Waals surface area contributed by atoms with Crippen molar-refractivity contribution in [3.8, 4) is 0 Å². The number of rotatable bonds is 11. The van der Waals surface area contributed by atoms with E-state index in [9.17, 15) is 4.79 Å². The van der Waals surface area contributed by atoms with Crippen LogP contribution in [0.5, 0.6) is 0 Å². The lowest BCUT2D eigenvalue weighted by molar-refractivity contribution is -0.124. The van der Waals surface area contributed by atoms with Gasteiger partial charge in [-0.2, -0.15) is 0 Å². The Morgan fingerprint density at radius 3 is 2.00 bits per heavy atom. The van der Waals surface area contributed by atoms with Gasteiger partial charge in [0.1, 0.15) is 5.78 Å². The van der Waals surface area contributed by atoms with Crippen LogP contribution in [-0.4, -0.2) is 17.5 Å². The van der Waals surface area contributed by atoms with Crippen LogP contribution < -0.4 is 0 Å². The molecule has 1 rings (SSSR count). The first-order valence-corrected chi connectivity index (χ1v) is 8.48. The Labute approximate surface area is 119 Å². The van der Waals surface area contributed by atoms with Crippen molar-refractivity contribution in [3.63, 3.8) is 0 Å². The number of carbonyl (C=O) groups excluding carboxylic acids is 1. The van der Waals surface area contributed by atoms with Gasteiger partial charge in [-0.05, 0) is 25.7 Å². The summed E-state index contributed by atoms with van der Waals surface area (Å²) < 4.78 is 0. The van der Waals surface area contributed by atoms with Crippen LogP contribution in [0.2, 0.25) is 0 Å². The molecular weight excluding hydrogens is 236 g/mol. The first kappa shape index (κ1) is 16.7. The van der Waals surface area contributed by atoms with Gasteiger partial charge in [-0.15, -0.1) is 0 Å². The molecule has 0 heterocycles. The highest BCUT2D eigenvalue weighted by atomic mass is 16.2. The van der Waals surface area contributed by atoms with Gasteiger partial charge >= 0.3 is 0 Å². The number of Topliss-reactive ketones (excluding diaryl/α,β-unsaturated/α-hetero) is 1. The molecule has 0 radical (unpaired) electrons. The number of aliphatic hydroxyl groups is 1. The van der Waals surface area contributed by atoms with Crippen molar-refractivity contribution < 1.29 is 9.90 Å². The van der Waals surface area contributed by atoms with E-state index in [1.165, 1.54) is 57.8 Å². The molecule has 2 nitrogen and oxygen atoms in total. The normalized spacial score (nSPS) is 19.8. The highest BCUT2D eigenvalue weighted by Crippen LogP contribution is 2.25. The number of aliphatic hydroxyl groups excluding tert-OH is 1. The summed E-state index contributed by atoms with van der Waals surface area (Å²) in [5.74, 6) is 0.947. The molecule has 1 unspecified atom stereocenters. The fourth-order valence-corrected chi connectivity index (χ4v) is 3.10. The van der Waals surface area contributed by atoms with E-state index in [1.54, 1.807) is 0 Å². The largest absolute Gasteiger partial charge is 0.396 e. The molecule has 0 bridgehead atoms. The van der Waals surface area contributed by atoms with Crippen molar-refractivity contribution in [3.05, 3.63) is 0 Å². The lowest BCUT2D eigenvalue weighted by atomic mass is 9.84. The average Bonchev–Trinajstić information content (AvgIpc) is 2.43. The van der Waals surface area contributed by atoms with Crippen molar-refractivity contribution in [2.75, 3.05) is 6.61 Å². The average molecular weight is 268 g/mol. The third kappa shape index (κ3) is 8.41. The van der Waals surface area contributed by atoms with E-state index in [1.807, 2.05) is 0 Å². The van der Waals surface area contributed by atoms with Crippen LogP contribution >= 0.6 is 0 Å². The smallest absolute Gasteiger partial charge is 0.135 e. The van der Waals surface area contributed by atoms with Gasteiger partial charge < -0.3 is 5.11 Å². The minimum Gasteiger partial charge on any atom is -0.396 e. The van der Waals surface area contributed by atoms with E-state index in [2.05, 4.69) is 0 Å². The molecule has 112 valence electrons. The lowest BCUT2D eigenvalue weighted by Crippen LogP contribution is -2.18. The second-order valence-corrected chi connectivity index (χ2v) is 6.10. The molecule has 0 aromatic heterocycles. The summed E-state index contributed by atoms with van der Waals surface area (Å²) in [5.41, 5.74) is 0. The number of hydrogen-bond donors (Lipinski definition) is 1. The number of ketones is 1. The van der Waals surface area contributed by atoms with Gasteiger partial charge in [-0.1, -0.05) is 57.8 Å². The number of unbranched alkanes of at least 4 members (excludes halogenated alkanes) is 8. The summed E-state index contributed by atoms with van der Waals surface area (Å²) in [7, 11) is 0. The topological polar surface area (TPSA) is 37.3 Å². The van der Waals surface area contributed by atoms with Crippen LogP contribution in [0, 0.1) is 5.92 Å². The third-order valence-electron chi connectivity index (χ3n) is 4.39. The van der Waals surface area contributed by atoms with Crippen LogP contribution in [-0.2, 0) is 4.79 Å². The van der Waals surface area contributed by atoms with E-state index in [0.717, 1.165) is 32.1 Å². The summed E-state index contributed by atoms with van der Waals surface area (Å²) in [6.45, 7) is 0.347. The highest BCUT2D eigenvalue weighted by Gasteiger charge is 2.20. The first-order chi connectivity index (χ1) is 9.34. The molecule has 1 aliphatic rings. The summed E-state index contributed by atoms with van der Waals surface area (Å²) in [6, 6.07) is 0. The van der Waals surface area contributed by atoms with Crippen molar-refractivity contribution in [2.45, 2.75) is 89.9 Å². The van der Waals surface area contributed by atoms with Gasteiger partial charge in [0, 0.05) is 18.9 Å². The zero-order chi connectivity index (χ0) is 13.8. The van der Waals surface area contributed by atoms with Gasteiger partial charge in [0.05, 0.1) is 0 Å².